The van der Waals surface area contributed by atoms with Crippen LogP contribution in [0.5, 0.6) is 0 Å². The van der Waals surface area contributed by atoms with Crippen LogP contribution >= 0.6 is 0 Å². The fourth-order valence-electron chi connectivity index (χ4n) is 3.10. The molecule has 1 fully saturated rings. The molecular weight excluding hydrogens is 361 g/mol. The standard InChI is InChI=1S/C16H18FN5O3S/c1-26(24,25)21-8-16(23)3-2-4-22(9-16)15-12-5-11(7-18)13(17)6-14(12)19-10-20-15/h5-6,10,21,23H,2-4,8-9H2,1H3. The zero-order chi connectivity index (χ0) is 18.9. The SMILES string of the molecule is CS(=O)(=O)NCC1(O)CCCN(c2ncnc3cc(F)c(C#N)cc23)C1. The van der Waals surface area contributed by atoms with Gasteiger partial charge in [-0.15, -0.1) is 0 Å². The Morgan fingerprint density at radius 2 is 2.23 bits per heavy atom. The molecule has 1 aromatic heterocycles. The summed E-state index contributed by atoms with van der Waals surface area (Å²) >= 11 is 0. The molecule has 26 heavy (non-hydrogen) atoms. The molecule has 0 spiro atoms. The molecule has 0 bridgehead atoms. The lowest BCUT2D eigenvalue weighted by Gasteiger charge is -2.40. The van der Waals surface area contributed by atoms with E-state index < -0.39 is 21.4 Å². The Morgan fingerprint density at radius 3 is 2.92 bits per heavy atom. The number of nitriles is 1. The van der Waals surface area contributed by atoms with E-state index in [1.54, 1.807) is 11.0 Å². The summed E-state index contributed by atoms with van der Waals surface area (Å²) in [4.78, 5) is 10.1. The Kier molecular flexibility index (Phi) is 4.79. The van der Waals surface area contributed by atoms with Gasteiger partial charge in [-0.25, -0.2) is 27.5 Å². The highest BCUT2D eigenvalue weighted by atomic mass is 32.2. The van der Waals surface area contributed by atoms with Crippen LogP contribution < -0.4 is 9.62 Å². The molecule has 0 aliphatic carbocycles. The molecule has 1 aliphatic rings. The number of benzene rings is 1. The molecular formula is C16H18FN5O3S. The number of anilines is 1. The van der Waals surface area contributed by atoms with Gasteiger partial charge < -0.3 is 10.0 Å². The maximum absolute atomic E-state index is 13.8. The van der Waals surface area contributed by atoms with Gasteiger partial charge in [-0.1, -0.05) is 0 Å². The van der Waals surface area contributed by atoms with Gasteiger partial charge in [0.1, 0.15) is 24.0 Å². The number of hydrogen-bond donors (Lipinski definition) is 2. The summed E-state index contributed by atoms with van der Waals surface area (Å²) in [5, 5.41) is 20.3. The van der Waals surface area contributed by atoms with E-state index >= 15 is 0 Å². The summed E-state index contributed by atoms with van der Waals surface area (Å²) in [7, 11) is -3.42. The second-order valence-corrected chi connectivity index (χ2v) is 8.33. The first kappa shape index (κ1) is 18.4. The molecule has 1 atom stereocenters. The van der Waals surface area contributed by atoms with Crippen molar-refractivity contribution in [2.75, 3.05) is 30.8 Å². The number of halogens is 1. The fraction of sp³-hybridized carbons (Fsp3) is 0.438. The van der Waals surface area contributed by atoms with Crippen molar-refractivity contribution >= 4 is 26.7 Å². The maximum Gasteiger partial charge on any atom is 0.208 e. The Hall–Kier alpha value is -2.35. The van der Waals surface area contributed by atoms with Crippen LogP contribution in [0.1, 0.15) is 18.4 Å². The minimum Gasteiger partial charge on any atom is -0.387 e. The number of nitrogens with one attached hydrogen (secondary N) is 1. The number of β-amino-alcohol motifs (C(OH)–C–C–N with tert-alkyl or cyclic N) is 1. The van der Waals surface area contributed by atoms with Gasteiger partial charge in [0.25, 0.3) is 0 Å². The molecule has 8 nitrogen and oxygen atoms in total. The molecule has 2 aromatic rings. The van der Waals surface area contributed by atoms with Crippen molar-refractivity contribution in [2.24, 2.45) is 0 Å². The molecule has 1 unspecified atom stereocenters. The quantitative estimate of drug-likeness (QED) is 0.795. The van der Waals surface area contributed by atoms with E-state index in [1.165, 1.54) is 18.5 Å². The Bertz CT molecular complexity index is 991. The number of fused-ring (bicyclic) bond motifs is 1. The van der Waals surface area contributed by atoms with E-state index in [9.17, 15) is 17.9 Å². The smallest absolute Gasteiger partial charge is 0.208 e. The Labute approximate surface area is 150 Å². The summed E-state index contributed by atoms with van der Waals surface area (Å²) in [6, 6.07) is 4.37. The van der Waals surface area contributed by atoms with Crippen molar-refractivity contribution in [3.05, 3.63) is 29.8 Å². The predicted molar refractivity (Wildman–Crippen MR) is 93.5 cm³/mol. The van der Waals surface area contributed by atoms with Crippen LogP contribution in [0, 0.1) is 17.1 Å². The van der Waals surface area contributed by atoms with Gasteiger partial charge in [-0.05, 0) is 18.9 Å². The van der Waals surface area contributed by atoms with Crippen molar-refractivity contribution < 1.29 is 17.9 Å². The monoisotopic (exact) mass is 379 g/mol. The molecule has 138 valence electrons. The molecule has 2 heterocycles. The van der Waals surface area contributed by atoms with E-state index in [0.717, 1.165) is 6.26 Å². The van der Waals surface area contributed by atoms with Crippen LogP contribution in [0.15, 0.2) is 18.5 Å². The molecule has 0 saturated carbocycles. The topological polar surface area (TPSA) is 119 Å². The van der Waals surface area contributed by atoms with Crippen molar-refractivity contribution in [1.82, 2.24) is 14.7 Å². The summed E-state index contributed by atoms with van der Waals surface area (Å²) in [5.74, 6) is -0.180. The summed E-state index contributed by atoms with van der Waals surface area (Å²) in [5.41, 5.74) is -1.01. The van der Waals surface area contributed by atoms with Crippen molar-refractivity contribution in [1.29, 1.82) is 5.26 Å². The molecule has 0 amide bonds. The third kappa shape index (κ3) is 3.90. The van der Waals surface area contributed by atoms with Crippen LogP contribution in [-0.2, 0) is 10.0 Å². The van der Waals surface area contributed by atoms with E-state index in [1.807, 2.05) is 0 Å². The number of aliphatic hydroxyl groups is 1. The third-order valence-electron chi connectivity index (χ3n) is 4.34. The van der Waals surface area contributed by atoms with Crippen LogP contribution in [0.25, 0.3) is 10.9 Å². The lowest BCUT2D eigenvalue weighted by molar-refractivity contribution is 0.0311. The number of hydrogen-bond acceptors (Lipinski definition) is 7. The van der Waals surface area contributed by atoms with E-state index in [2.05, 4.69) is 14.7 Å². The number of aromatic nitrogens is 2. The first-order valence-electron chi connectivity index (χ1n) is 7.97. The summed E-state index contributed by atoms with van der Waals surface area (Å²) in [6.45, 7) is 0.636. The highest BCUT2D eigenvalue weighted by Gasteiger charge is 2.35. The lowest BCUT2D eigenvalue weighted by Crippen LogP contribution is -2.54. The van der Waals surface area contributed by atoms with Gasteiger partial charge >= 0.3 is 0 Å². The molecule has 1 aliphatic heterocycles. The Morgan fingerprint density at radius 1 is 1.46 bits per heavy atom. The predicted octanol–water partition coefficient (Wildman–Crippen LogP) is 0.521. The van der Waals surface area contributed by atoms with Crippen LogP contribution in [0.2, 0.25) is 0 Å². The lowest BCUT2D eigenvalue weighted by atomic mass is 9.93. The van der Waals surface area contributed by atoms with E-state index in [-0.39, 0.29) is 18.7 Å². The number of piperidine rings is 1. The van der Waals surface area contributed by atoms with E-state index in [0.29, 0.717) is 36.1 Å². The van der Waals surface area contributed by atoms with Crippen LogP contribution in [0.3, 0.4) is 0 Å². The van der Waals surface area contributed by atoms with Gasteiger partial charge in [0.05, 0.1) is 22.9 Å². The van der Waals surface area contributed by atoms with Crippen LogP contribution in [-0.4, -0.2) is 55.0 Å². The number of nitrogens with zero attached hydrogens (tertiary/aromatic N) is 4. The minimum absolute atomic E-state index is 0.108. The number of rotatable bonds is 4. The zero-order valence-corrected chi connectivity index (χ0v) is 14.9. The third-order valence-corrected chi connectivity index (χ3v) is 5.01. The highest BCUT2D eigenvalue weighted by molar-refractivity contribution is 7.88. The van der Waals surface area contributed by atoms with Gasteiger partial charge in [-0.3, -0.25) is 0 Å². The van der Waals surface area contributed by atoms with Crippen molar-refractivity contribution in [3.8, 4) is 6.07 Å². The molecule has 2 N–H and O–H groups in total. The van der Waals surface area contributed by atoms with Crippen molar-refractivity contribution in [3.63, 3.8) is 0 Å². The Balaban J connectivity index is 1.94. The normalized spacial score (nSPS) is 20.9. The maximum atomic E-state index is 13.8. The fourth-order valence-corrected chi connectivity index (χ4v) is 3.64. The zero-order valence-electron chi connectivity index (χ0n) is 14.1. The number of sulfonamides is 1. The minimum atomic E-state index is -3.42. The first-order chi connectivity index (χ1) is 12.2. The summed E-state index contributed by atoms with van der Waals surface area (Å²) in [6.07, 6.45) is 3.39. The second kappa shape index (κ2) is 6.75. The summed E-state index contributed by atoms with van der Waals surface area (Å²) < 4.78 is 38.8. The molecule has 3 rings (SSSR count). The van der Waals surface area contributed by atoms with Crippen LogP contribution in [0.4, 0.5) is 10.2 Å². The molecule has 0 radical (unpaired) electrons. The van der Waals surface area contributed by atoms with Crippen molar-refractivity contribution in [2.45, 2.75) is 18.4 Å². The highest BCUT2D eigenvalue weighted by Crippen LogP contribution is 2.30. The van der Waals surface area contributed by atoms with Gasteiger partial charge in [0.2, 0.25) is 10.0 Å². The average Bonchev–Trinajstić information content (AvgIpc) is 2.58. The largest absolute Gasteiger partial charge is 0.387 e. The molecule has 1 saturated heterocycles. The average molecular weight is 379 g/mol. The molecule has 1 aromatic carbocycles. The first-order valence-corrected chi connectivity index (χ1v) is 9.86. The molecule has 10 heteroatoms. The van der Waals surface area contributed by atoms with Gasteiger partial charge in [0.15, 0.2) is 0 Å². The van der Waals surface area contributed by atoms with Gasteiger partial charge in [0, 0.05) is 31.1 Å². The van der Waals surface area contributed by atoms with E-state index in [4.69, 9.17) is 5.26 Å². The second-order valence-electron chi connectivity index (χ2n) is 6.50. The van der Waals surface area contributed by atoms with Gasteiger partial charge in [-0.2, -0.15) is 5.26 Å².